The first kappa shape index (κ1) is 20.3. The summed E-state index contributed by atoms with van der Waals surface area (Å²) in [5.74, 6) is 2.46. The van der Waals surface area contributed by atoms with Crippen molar-refractivity contribution in [1.29, 1.82) is 0 Å². The summed E-state index contributed by atoms with van der Waals surface area (Å²) in [6, 6.07) is 24.1. The van der Waals surface area contributed by atoms with Crippen molar-refractivity contribution in [3.05, 3.63) is 95.3 Å². The predicted molar refractivity (Wildman–Crippen MR) is 125 cm³/mol. The van der Waals surface area contributed by atoms with E-state index in [4.69, 9.17) is 4.74 Å². The second kappa shape index (κ2) is 9.26. The predicted octanol–water partition coefficient (Wildman–Crippen LogP) is 5.58. The number of hydrogen-bond donors (Lipinski definition) is 2. The molecule has 1 aromatic heterocycles. The van der Waals surface area contributed by atoms with Crippen molar-refractivity contribution >= 4 is 23.3 Å². The number of anilines is 4. The van der Waals surface area contributed by atoms with E-state index in [1.165, 1.54) is 5.56 Å². The number of benzene rings is 3. The van der Waals surface area contributed by atoms with Crippen LogP contribution in [-0.2, 0) is 6.42 Å². The molecule has 1 heterocycles. The van der Waals surface area contributed by atoms with Gasteiger partial charge in [-0.2, -0.15) is 15.0 Å². The van der Waals surface area contributed by atoms with Gasteiger partial charge in [0.15, 0.2) is 0 Å². The summed E-state index contributed by atoms with van der Waals surface area (Å²) >= 11 is 0. The molecule has 0 aliphatic carbocycles. The van der Waals surface area contributed by atoms with Gasteiger partial charge >= 0.3 is 0 Å². The third-order valence-electron chi connectivity index (χ3n) is 4.75. The van der Waals surface area contributed by atoms with Crippen LogP contribution in [0, 0.1) is 13.8 Å². The van der Waals surface area contributed by atoms with Crippen molar-refractivity contribution in [2.45, 2.75) is 20.3 Å². The first-order valence-electron chi connectivity index (χ1n) is 10.1. The summed E-state index contributed by atoms with van der Waals surface area (Å²) < 4.78 is 5.23. The Kier molecular flexibility index (Phi) is 6.08. The van der Waals surface area contributed by atoms with E-state index in [-0.39, 0.29) is 0 Å². The van der Waals surface area contributed by atoms with Crippen molar-refractivity contribution in [3.63, 3.8) is 0 Å². The van der Waals surface area contributed by atoms with Gasteiger partial charge in [-0.1, -0.05) is 42.0 Å². The normalized spacial score (nSPS) is 10.5. The van der Waals surface area contributed by atoms with Crippen LogP contribution in [0.4, 0.5) is 23.3 Å². The van der Waals surface area contributed by atoms with E-state index < -0.39 is 0 Å². The molecule has 156 valence electrons. The summed E-state index contributed by atoms with van der Waals surface area (Å²) in [7, 11) is 1.65. The van der Waals surface area contributed by atoms with Gasteiger partial charge in [-0.25, -0.2) is 0 Å². The van der Waals surface area contributed by atoms with Gasteiger partial charge in [-0.05, 0) is 61.4 Å². The van der Waals surface area contributed by atoms with Crippen LogP contribution in [0.1, 0.15) is 22.5 Å². The SMILES string of the molecule is COc1ccc(Nc2nc(Cc3cccc(C)c3)nc(Nc3cccc(C)c3)n2)cc1. The number of aromatic nitrogens is 3. The molecule has 0 saturated heterocycles. The molecule has 0 radical (unpaired) electrons. The Balaban J connectivity index is 1.64. The monoisotopic (exact) mass is 411 g/mol. The van der Waals surface area contributed by atoms with Crippen LogP contribution in [0.3, 0.4) is 0 Å². The molecule has 6 nitrogen and oxygen atoms in total. The molecule has 0 amide bonds. The Bertz CT molecular complexity index is 1110. The van der Waals surface area contributed by atoms with E-state index >= 15 is 0 Å². The maximum atomic E-state index is 5.23. The smallest absolute Gasteiger partial charge is 0.232 e. The van der Waals surface area contributed by atoms with Gasteiger partial charge in [-0.3, -0.25) is 0 Å². The van der Waals surface area contributed by atoms with Crippen LogP contribution in [0.15, 0.2) is 72.8 Å². The molecular formula is C25H25N5O. The summed E-state index contributed by atoms with van der Waals surface area (Å²) in [4.78, 5) is 13.9. The van der Waals surface area contributed by atoms with E-state index in [1.807, 2.05) is 42.5 Å². The van der Waals surface area contributed by atoms with Crippen LogP contribution >= 0.6 is 0 Å². The van der Waals surface area contributed by atoms with E-state index in [0.717, 1.165) is 28.3 Å². The lowest BCUT2D eigenvalue weighted by molar-refractivity contribution is 0.415. The molecule has 3 aromatic carbocycles. The van der Waals surface area contributed by atoms with Gasteiger partial charge in [0.2, 0.25) is 11.9 Å². The Morgan fingerprint density at radius 2 is 1.35 bits per heavy atom. The lowest BCUT2D eigenvalue weighted by atomic mass is 10.1. The van der Waals surface area contributed by atoms with E-state index in [9.17, 15) is 0 Å². The van der Waals surface area contributed by atoms with Crippen LogP contribution in [0.25, 0.3) is 0 Å². The second-order valence-electron chi connectivity index (χ2n) is 7.41. The van der Waals surface area contributed by atoms with Gasteiger partial charge in [-0.15, -0.1) is 0 Å². The molecule has 0 fully saturated rings. The zero-order valence-electron chi connectivity index (χ0n) is 17.9. The molecule has 0 spiro atoms. The number of methoxy groups -OCH3 is 1. The first-order valence-corrected chi connectivity index (χ1v) is 10.1. The molecule has 2 N–H and O–H groups in total. The third kappa shape index (κ3) is 5.57. The van der Waals surface area contributed by atoms with Gasteiger partial charge in [0.25, 0.3) is 0 Å². The lowest BCUT2D eigenvalue weighted by Gasteiger charge is -2.11. The van der Waals surface area contributed by atoms with Crippen LogP contribution in [0.2, 0.25) is 0 Å². The van der Waals surface area contributed by atoms with Gasteiger partial charge in [0.1, 0.15) is 11.6 Å². The lowest BCUT2D eigenvalue weighted by Crippen LogP contribution is -2.08. The number of hydrogen-bond acceptors (Lipinski definition) is 6. The molecule has 6 heteroatoms. The third-order valence-corrected chi connectivity index (χ3v) is 4.75. The number of nitrogens with zero attached hydrogens (tertiary/aromatic N) is 3. The summed E-state index contributed by atoms with van der Waals surface area (Å²) in [6.07, 6.45) is 0.615. The highest BCUT2D eigenvalue weighted by atomic mass is 16.5. The van der Waals surface area contributed by atoms with Crippen molar-refractivity contribution in [2.24, 2.45) is 0 Å². The van der Waals surface area contributed by atoms with Crippen molar-refractivity contribution < 1.29 is 4.74 Å². The topological polar surface area (TPSA) is 72.0 Å². The highest BCUT2D eigenvalue weighted by molar-refractivity contribution is 5.58. The summed E-state index contributed by atoms with van der Waals surface area (Å²) in [5, 5.41) is 6.58. The zero-order valence-corrected chi connectivity index (χ0v) is 17.9. The fourth-order valence-electron chi connectivity index (χ4n) is 3.27. The maximum absolute atomic E-state index is 5.23. The van der Waals surface area contributed by atoms with Crippen LogP contribution < -0.4 is 15.4 Å². The fraction of sp³-hybridized carbons (Fsp3) is 0.160. The average Bonchev–Trinajstić information content (AvgIpc) is 2.74. The number of aryl methyl sites for hydroxylation is 2. The van der Waals surface area contributed by atoms with E-state index in [2.05, 4.69) is 69.8 Å². The number of nitrogens with one attached hydrogen (secondary N) is 2. The van der Waals surface area contributed by atoms with E-state index in [0.29, 0.717) is 24.1 Å². The fourth-order valence-corrected chi connectivity index (χ4v) is 3.27. The molecule has 0 aliphatic heterocycles. The minimum atomic E-state index is 0.484. The molecule has 31 heavy (non-hydrogen) atoms. The van der Waals surface area contributed by atoms with Crippen molar-refractivity contribution in [2.75, 3.05) is 17.7 Å². The number of rotatable bonds is 7. The first-order chi connectivity index (χ1) is 15.1. The van der Waals surface area contributed by atoms with E-state index in [1.54, 1.807) is 7.11 Å². The molecule has 0 saturated carbocycles. The Hall–Kier alpha value is -3.93. The zero-order chi connectivity index (χ0) is 21.6. The highest BCUT2D eigenvalue weighted by Crippen LogP contribution is 2.21. The molecule has 4 aromatic rings. The second-order valence-corrected chi connectivity index (χ2v) is 7.41. The maximum Gasteiger partial charge on any atom is 0.232 e. The molecule has 0 atom stereocenters. The molecular weight excluding hydrogens is 386 g/mol. The van der Waals surface area contributed by atoms with Crippen LogP contribution in [0.5, 0.6) is 5.75 Å². The standard InChI is InChI=1S/C25H25N5O/c1-17-6-4-8-19(14-17)16-23-28-24(26-20-10-12-22(31-3)13-11-20)30-25(29-23)27-21-9-5-7-18(2)15-21/h4-15H,16H2,1-3H3,(H2,26,27,28,29,30). The van der Waals surface area contributed by atoms with Crippen LogP contribution in [-0.4, -0.2) is 22.1 Å². The summed E-state index contributed by atoms with van der Waals surface area (Å²) in [5.41, 5.74) is 5.33. The minimum Gasteiger partial charge on any atom is -0.497 e. The Labute approximate surface area is 182 Å². The Morgan fingerprint density at radius 1 is 0.710 bits per heavy atom. The quantitative estimate of drug-likeness (QED) is 0.414. The van der Waals surface area contributed by atoms with Crippen molar-refractivity contribution in [3.8, 4) is 5.75 Å². The molecule has 0 unspecified atom stereocenters. The molecule has 0 bridgehead atoms. The molecule has 4 rings (SSSR count). The molecule has 0 aliphatic rings. The summed E-state index contributed by atoms with van der Waals surface area (Å²) in [6.45, 7) is 4.14. The largest absolute Gasteiger partial charge is 0.497 e. The van der Waals surface area contributed by atoms with Gasteiger partial charge in [0.05, 0.1) is 7.11 Å². The number of ether oxygens (including phenoxy) is 1. The van der Waals surface area contributed by atoms with Gasteiger partial charge < -0.3 is 15.4 Å². The Morgan fingerprint density at radius 3 is 2.00 bits per heavy atom. The van der Waals surface area contributed by atoms with Gasteiger partial charge in [0, 0.05) is 17.8 Å². The average molecular weight is 412 g/mol. The minimum absolute atomic E-state index is 0.484. The highest BCUT2D eigenvalue weighted by Gasteiger charge is 2.09. The van der Waals surface area contributed by atoms with Crippen molar-refractivity contribution in [1.82, 2.24) is 15.0 Å².